The first-order valence-electron chi connectivity index (χ1n) is 2.89. The number of unbranched alkanes of at least 4 members (excludes halogenated alkanes) is 1. The van der Waals surface area contributed by atoms with Crippen LogP contribution in [0.15, 0.2) is 12.2 Å². The van der Waals surface area contributed by atoms with Gasteiger partial charge in [0.2, 0.25) is 0 Å². The minimum Gasteiger partial charge on any atom is -0.381 e. The molecule has 1 radical (unpaired) electrons. The van der Waals surface area contributed by atoms with E-state index in [4.69, 9.17) is 4.74 Å². The zero-order chi connectivity index (χ0) is 6.24. The van der Waals surface area contributed by atoms with Crippen molar-refractivity contribution in [1.82, 2.24) is 0 Å². The van der Waals surface area contributed by atoms with Gasteiger partial charge < -0.3 is 4.74 Å². The molecule has 47 valence electrons. The molecule has 0 aliphatic carbocycles. The molecule has 1 nitrogen and oxygen atoms in total. The average molecular weight is 113 g/mol. The Balaban J connectivity index is 2.83. The van der Waals surface area contributed by atoms with Gasteiger partial charge in [-0.05, 0) is 12.8 Å². The summed E-state index contributed by atoms with van der Waals surface area (Å²) in [6.45, 7) is 2.83. The fraction of sp³-hybridized carbons (Fsp3) is 0.571. The largest absolute Gasteiger partial charge is 0.381 e. The van der Waals surface area contributed by atoms with Crippen molar-refractivity contribution in [2.24, 2.45) is 0 Å². The van der Waals surface area contributed by atoms with Crippen molar-refractivity contribution in [1.29, 1.82) is 0 Å². The summed E-state index contributed by atoms with van der Waals surface area (Å²) in [5.74, 6) is 0. The van der Waals surface area contributed by atoms with Crippen LogP contribution >= 0.6 is 0 Å². The summed E-state index contributed by atoms with van der Waals surface area (Å²) in [5.41, 5.74) is 0. The molecular weight excluding hydrogens is 100 g/mol. The lowest BCUT2D eigenvalue weighted by Gasteiger charge is -1.85. The maximum absolute atomic E-state index is 4.78. The van der Waals surface area contributed by atoms with Crippen molar-refractivity contribution in [2.45, 2.75) is 13.3 Å². The molecule has 0 rings (SSSR count). The van der Waals surface area contributed by atoms with Gasteiger partial charge in [-0.2, -0.15) is 0 Å². The van der Waals surface area contributed by atoms with Crippen LogP contribution in [-0.2, 0) is 4.74 Å². The van der Waals surface area contributed by atoms with Gasteiger partial charge in [0.25, 0.3) is 0 Å². The summed E-state index contributed by atoms with van der Waals surface area (Å²) in [6, 6.07) is 0. The molecule has 0 bridgehead atoms. The Kier molecular flexibility index (Phi) is 6.45. The van der Waals surface area contributed by atoms with Crippen LogP contribution in [0.1, 0.15) is 13.3 Å². The highest BCUT2D eigenvalue weighted by molar-refractivity contribution is 4.93. The zero-order valence-corrected chi connectivity index (χ0v) is 5.55. The molecule has 0 atom stereocenters. The number of hydrogen-bond acceptors (Lipinski definition) is 1. The molecule has 0 heterocycles. The van der Waals surface area contributed by atoms with Gasteiger partial charge in [0.05, 0.1) is 6.61 Å². The quantitative estimate of drug-likeness (QED) is 0.540. The first-order valence-corrected chi connectivity index (χ1v) is 2.89. The van der Waals surface area contributed by atoms with E-state index in [9.17, 15) is 0 Å². The summed E-state index contributed by atoms with van der Waals surface area (Å²) in [5, 5.41) is 0. The average Bonchev–Trinajstić information content (AvgIpc) is 1.81. The van der Waals surface area contributed by atoms with E-state index in [1.807, 2.05) is 12.2 Å². The number of allylic oxidation sites excluding steroid dienone is 1. The summed E-state index contributed by atoms with van der Waals surface area (Å²) < 4.78 is 4.78. The predicted octanol–water partition coefficient (Wildman–Crippen LogP) is 1.80. The van der Waals surface area contributed by atoms with E-state index in [1.54, 1.807) is 7.11 Å². The van der Waals surface area contributed by atoms with Crippen molar-refractivity contribution in [3.05, 3.63) is 18.6 Å². The third-order valence-corrected chi connectivity index (χ3v) is 0.771. The monoisotopic (exact) mass is 113 g/mol. The van der Waals surface area contributed by atoms with Crippen LogP contribution in [0.25, 0.3) is 0 Å². The first kappa shape index (κ1) is 7.70. The predicted molar refractivity (Wildman–Crippen MR) is 35.6 cm³/mol. The third kappa shape index (κ3) is 5.70. The minimum atomic E-state index is 0.719. The lowest BCUT2D eigenvalue weighted by Crippen LogP contribution is -1.79. The van der Waals surface area contributed by atoms with Crippen LogP contribution < -0.4 is 0 Å². The molecule has 0 unspecified atom stereocenters. The van der Waals surface area contributed by atoms with Crippen molar-refractivity contribution < 1.29 is 4.74 Å². The fourth-order valence-corrected chi connectivity index (χ4v) is 0.384. The van der Waals surface area contributed by atoms with E-state index >= 15 is 0 Å². The van der Waals surface area contributed by atoms with Crippen molar-refractivity contribution >= 4 is 0 Å². The molecule has 8 heavy (non-hydrogen) atoms. The number of hydrogen-bond donors (Lipinski definition) is 0. The topological polar surface area (TPSA) is 9.23 Å². The molecule has 0 amide bonds. The Bertz CT molecular complexity index is 49.4. The van der Waals surface area contributed by atoms with E-state index in [0.29, 0.717) is 0 Å². The molecule has 0 saturated carbocycles. The lowest BCUT2D eigenvalue weighted by molar-refractivity contribution is 0.234. The molecule has 0 aromatic rings. The van der Waals surface area contributed by atoms with Gasteiger partial charge in [0.1, 0.15) is 0 Å². The molecule has 0 aliphatic heterocycles. The maximum Gasteiger partial charge on any atom is 0.0643 e. The van der Waals surface area contributed by atoms with Gasteiger partial charge in [-0.15, -0.1) is 0 Å². The normalized spacial score (nSPS) is 10.8. The second kappa shape index (κ2) is 6.70. The van der Waals surface area contributed by atoms with Gasteiger partial charge in [-0.1, -0.05) is 19.1 Å². The van der Waals surface area contributed by atoms with E-state index < -0.39 is 0 Å². The maximum atomic E-state index is 4.78. The summed E-state index contributed by atoms with van der Waals surface area (Å²) in [6.07, 6.45) is 7.20. The van der Waals surface area contributed by atoms with Gasteiger partial charge in [-0.25, -0.2) is 0 Å². The second-order valence-corrected chi connectivity index (χ2v) is 1.53. The minimum absolute atomic E-state index is 0.719. The SMILES string of the molecule is CC[CH]C=CCOC. The highest BCUT2D eigenvalue weighted by atomic mass is 16.5. The standard InChI is InChI=1S/C7H13O/c1-3-4-5-6-7-8-2/h4-6H,3,7H2,1-2H3. The van der Waals surface area contributed by atoms with Crippen molar-refractivity contribution in [2.75, 3.05) is 13.7 Å². The van der Waals surface area contributed by atoms with Crippen LogP contribution in [0.5, 0.6) is 0 Å². The van der Waals surface area contributed by atoms with Gasteiger partial charge in [0.15, 0.2) is 0 Å². The first-order chi connectivity index (χ1) is 3.91. The Morgan fingerprint density at radius 3 is 2.75 bits per heavy atom. The van der Waals surface area contributed by atoms with Crippen LogP contribution in [0.2, 0.25) is 0 Å². The van der Waals surface area contributed by atoms with Crippen LogP contribution in [0, 0.1) is 6.42 Å². The van der Waals surface area contributed by atoms with Crippen LogP contribution in [0.4, 0.5) is 0 Å². The number of methoxy groups -OCH3 is 1. The van der Waals surface area contributed by atoms with E-state index in [0.717, 1.165) is 13.0 Å². The van der Waals surface area contributed by atoms with Crippen LogP contribution in [0.3, 0.4) is 0 Å². The molecule has 0 aliphatic rings. The highest BCUT2D eigenvalue weighted by Crippen LogP contribution is 1.85. The molecule has 0 aromatic carbocycles. The number of rotatable bonds is 4. The summed E-state index contributed by atoms with van der Waals surface area (Å²) in [4.78, 5) is 0. The summed E-state index contributed by atoms with van der Waals surface area (Å²) in [7, 11) is 1.69. The molecular formula is C7H13O. The Morgan fingerprint density at radius 2 is 2.25 bits per heavy atom. The van der Waals surface area contributed by atoms with Gasteiger partial charge >= 0.3 is 0 Å². The van der Waals surface area contributed by atoms with Crippen LogP contribution in [-0.4, -0.2) is 13.7 Å². The Morgan fingerprint density at radius 1 is 1.50 bits per heavy atom. The third-order valence-electron chi connectivity index (χ3n) is 0.771. The highest BCUT2D eigenvalue weighted by Gasteiger charge is 1.71. The smallest absolute Gasteiger partial charge is 0.0643 e. The van der Waals surface area contributed by atoms with E-state index in [2.05, 4.69) is 13.3 Å². The fourth-order valence-electron chi connectivity index (χ4n) is 0.384. The second-order valence-electron chi connectivity index (χ2n) is 1.53. The van der Waals surface area contributed by atoms with Gasteiger partial charge in [-0.3, -0.25) is 0 Å². The molecule has 0 fully saturated rings. The van der Waals surface area contributed by atoms with E-state index in [1.165, 1.54) is 0 Å². The number of ether oxygens (including phenoxy) is 1. The van der Waals surface area contributed by atoms with Gasteiger partial charge in [0, 0.05) is 7.11 Å². The van der Waals surface area contributed by atoms with Crippen molar-refractivity contribution in [3.63, 3.8) is 0 Å². The molecule has 0 saturated heterocycles. The summed E-state index contributed by atoms with van der Waals surface area (Å²) >= 11 is 0. The lowest BCUT2D eigenvalue weighted by atomic mass is 10.3. The zero-order valence-electron chi connectivity index (χ0n) is 5.55. The molecule has 0 N–H and O–H groups in total. The van der Waals surface area contributed by atoms with Crippen molar-refractivity contribution in [3.8, 4) is 0 Å². The Hall–Kier alpha value is -0.300. The Labute approximate surface area is 51.4 Å². The molecule has 1 heteroatoms. The molecule has 0 aromatic heterocycles. The molecule has 0 spiro atoms. The van der Waals surface area contributed by atoms with E-state index in [-0.39, 0.29) is 0 Å².